The highest BCUT2D eigenvalue weighted by Gasteiger charge is 2.18. The molecule has 7 heteroatoms. The van der Waals surface area contributed by atoms with Crippen LogP contribution in [0.5, 0.6) is 0 Å². The van der Waals surface area contributed by atoms with Crippen LogP contribution >= 0.6 is 0 Å². The summed E-state index contributed by atoms with van der Waals surface area (Å²) < 4.78 is 7.26. The largest absolute Gasteiger partial charge is 0.378 e. The number of rotatable bonds is 2. The van der Waals surface area contributed by atoms with Gasteiger partial charge in [-0.1, -0.05) is 6.07 Å². The Morgan fingerprint density at radius 2 is 2.05 bits per heavy atom. The van der Waals surface area contributed by atoms with Gasteiger partial charge in [0.05, 0.1) is 24.6 Å². The molecule has 3 aromatic heterocycles. The van der Waals surface area contributed by atoms with E-state index in [1.54, 1.807) is 6.20 Å². The van der Waals surface area contributed by atoms with Gasteiger partial charge in [-0.15, -0.1) is 10.2 Å². The molecular weight excluding hydrogens is 256 g/mol. The lowest BCUT2D eigenvalue weighted by molar-refractivity contribution is 0.122. The topological polar surface area (TPSA) is 71.3 Å². The molecule has 7 nitrogen and oxygen atoms in total. The van der Waals surface area contributed by atoms with Crippen LogP contribution in [0.15, 0.2) is 30.5 Å². The summed E-state index contributed by atoms with van der Waals surface area (Å²) in [5.74, 6) is 0.825. The monoisotopic (exact) mass is 270 g/mol. The molecule has 0 aliphatic carbocycles. The third kappa shape index (κ3) is 1.83. The summed E-state index contributed by atoms with van der Waals surface area (Å²) in [5, 5.41) is 11.8. The highest BCUT2D eigenvalue weighted by Crippen LogP contribution is 2.20. The number of aromatic nitrogens is 5. The Morgan fingerprint density at radius 3 is 2.85 bits per heavy atom. The molecule has 20 heavy (non-hydrogen) atoms. The van der Waals surface area contributed by atoms with Crippen LogP contribution in [0.2, 0.25) is 0 Å². The number of fused-ring (bicyclic) bond motifs is 1. The molecule has 0 spiro atoms. The molecule has 4 heterocycles. The van der Waals surface area contributed by atoms with E-state index in [0.717, 1.165) is 49.3 Å². The van der Waals surface area contributed by atoms with E-state index in [1.807, 2.05) is 28.8 Å². The molecule has 1 fully saturated rings. The number of morpholine rings is 1. The minimum absolute atomic E-state index is 0.725. The van der Waals surface area contributed by atoms with Crippen LogP contribution in [0.1, 0.15) is 0 Å². The number of hydrogen-bond donors (Lipinski definition) is 1. The Bertz CT molecular complexity index is 713. The highest BCUT2D eigenvalue weighted by molar-refractivity contribution is 5.61. The van der Waals surface area contributed by atoms with Gasteiger partial charge < -0.3 is 9.64 Å². The van der Waals surface area contributed by atoms with Crippen molar-refractivity contribution in [1.29, 1.82) is 0 Å². The van der Waals surface area contributed by atoms with Crippen molar-refractivity contribution in [3.05, 3.63) is 30.5 Å². The van der Waals surface area contributed by atoms with Crippen LogP contribution in [0.4, 0.5) is 5.95 Å². The van der Waals surface area contributed by atoms with E-state index in [4.69, 9.17) is 4.74 Å². The van der Waals surface area contributed by atoms with Gasteiger partial charge in [-0.05, 0) is 12.1 Å². The third-order valence-electron chi connectivity index (χ3n) is 3.41. The van der Waals surface area contributed by atoms with Crippen LogP contribution < -0.4 is 4.90 Å². The van der Waals surface area contributed by atoms with Crippen molar-refractivity contribution >= 4 is 11.6 Å². The number of H-pyrrole nitrogens is 1. The van der Waals surface area contributed by atoms with E-state index in [2.05, 4.69) is 25.2 Å². The van der Waals surface area contributed by atoms with E-state index < -0.39 is 0 Å². The van der Waals surface area contributed by atoms with Gasteiger partial charge in [0.25, 0.3) is 0 Å². The lowest BCUT2D eigenvalue weighted by Crippen LogP contribution is -2.37. The Hall–Kier alpha value is -2.41. The van der Waals surface area contributed by atoms with Gasteiger partial charge in [-0.25, -0.2) is 4.52 Å². The molecule has 0 radical (unpaired) electrons. The standard InChI is InChI=1S/C13H14N6O/c1-2-4-14-10(3-1)11-9-12-15-16-13(19(12)17-11)18-5-7-20-8-6-18/h1-4,9,17H,5-8H2. The molecule has 0 aromatic carbocycles. The zero-order valence-corrected chi connectivity index (χ0v) is 10.9. The number of nitrogens with zero attached hydrogens (tertiary/aromatic N) is 5. The smallest absolute Gasteiger partial charge is 0.246 e. The second-order valence-corrected chi connectivity index (χ2v) is 4.68. The van der Waals surface area contributed by atoms with E-state index >= 15 is 0 Å². The quantitative estimate of drug-likeness (QED) is 0.751. The lowest BCUT2D eigenvalue weighted by Gasteiger charge is -2.26. The summed E-state index contributed by atoms with van der Waals surface area (Å²) in [6.45, 7) is 3.11. The van der Waals surface area contributed by atoms with E-state index in [-0.39, 0.29) is 0 Å². The molecule has 1 aliphatic heterocycles. The second-order valence-electron chi connectivity index (χ2n) is 4.68. The average molecular weight is 270 g/mol. The summed E-state index contributed by atoms with van der Waals surface area (Å²) in [5.41, 5.74) is 2.63. The molecule has 1 N–H and O–H groups in total. The maximum atomic E-state index is 5.37. The minimum atomic E-state index is 0.725. The highest BCUT2D eigenvalue weighted by atomic mass is 16.5. The average Bonchev–Trinajstić information content (AvgIpc) is 3.09. The number of nitrogens with one attached hydrogen (secondary N) is 1. The molecule has 3 aromatic rings. The predicted molar refractivity (Wildman–Crippen MR) is 73.6 cm³/mol. The molecule has 102 valence electrons. The van der Waals surface area contributed by atoms with E-state index in [0.29, 0.717) is 0 Å². The van der Waals surface area contributed by atoms with E-state index in [9.17, 15) is 0 Å². The molecule has 0 amide bonds. The number of anilines is 1. The molecule has 0 unspecified atom stereocenters. The Morgan fingerprint density at radius 1 is 1.15 bits per heavy atom. The normalized spacial score (nSPS) is 15.9. The van der Waals surface area contributed by atoms with Gasteiger partial charge in [0.2, 0.25) is 5.95 Å². The number of aromatic amines is 1. The van der Waals surface area contributed by atoms with Gasteiger partial charge in [0, 0.05) is 25.4 Å². The van der Waals surface area contributed by atoms with Crippen LogP contribution in [-0.4, -0.2) is 51.1 Å². The zero-order chi connectivity index (χ0) is 13.4. The predicted octanol–water partition coefficient (Wildman–Crippen LogP) is 0.956. The summed E-state index contributed by atoms with van der Waals surface area (Å²) >= 11 is 0. The molecule has 1 aliphatic rings. The van der Waals surface area contributed by atoms with Crippen molar-refractivity contribution in [3.63, 3.8) is 0 Å². The first-order chi connectivity index (χ1) is 9.92. The molecule has 0 saturated carbocycles. The van der Waals surface area contributed by atoms with Crippen LogP contribution in [-0.2, 0) is 4.74 Å². The second kappa shape index (κ2) is 4.61. The van der Waals surface area contributed by atoms with Crippen molar-refractivity contribution in [2.45, 2.75) is 0 Å². The number of pyridine rings is 1. The van der Waals surface area contributed by atoms with Crippen molar-refractivity contribution in [2.24, 2.45) is 0 Å². The molecule has 0 bridgehead atoms. The fourth-order valence-electron chi connectivity index (χ4n) is 2.39. The molecular formula is C13H14N6O. The summed E-state index contributed by atoms with van der Waals surface area (Å²) in [4.78, 5) is 6.51. The van der Waals surface area contributed by atoms with Gasteiger partial charge >= 0.3 is 0 Å². The van der Waals surface area contributed by atoms with Gasteiger partial charge in [0.15, 0.2) is 5.65 Å². The zero-order valence-electron chi connectivity index (χ0n) is 10.9. The Balaban J connectivity index is 1.75. The van der Waals surface area contributed by atoms with Crippen LogP contribution in [0, 0.1) is 0 Å². The fourth-order valence-corrected chi connectivity index (χ4v) is 2.39. The van der Waals surface area contributed by atoms with Crippen molar-refractivity contribution in [3.8, 4) is 11.4 Å². The Kier molecular flexibility index (Phi) is 2.63. The number of ether oxygens (including phenoxy) is 1. The van der Waals surface area contributed by atoms with Crippen LogP contribution in [0.25, 0.3) is 17.0 Å². The van der Waals surface area contributed by atoms with Gasteiger partial charge in [-0.2, -0.15) is 0 Å². The van der Waals surface area contributed by atoms with Crippen molar-refractivity contribution in [1.82, 2.24) is 24.8 Å². The minimum Gasteiger partial charge on any atom is -0.378 e. The lowest BCUT2D eigenvalue weighted by atomic mass is 10.3. The maximum Gasteiger partial charge on any atom is 0.246 e. The molecule has 4 rings (SSSR count). The summed E-state index contributed by atoms with van der Waals surface area (Å²) in [6, 6.07) is 7.79. The first kappa shape index (κ1) is 11.4. The van der Waals surface area contributed by atoms with Crippen LogP contribution in [0.3, 0.4) is 0 Å². The Labute approximate surface area is 115 Å². The molecule has 0 atom stereocenters. The fraction of sp³-hybridized carbons (Fsp3) is 0.308. The third-order valence-corrected chi connectivity index (χ3v) is 3.41. The van der Waals surface area contributed by atoms with Crippen molar-refractivity contribution in [2.75, 3.05) is 31.2 Å². The van der Waals surface area contributed by atoms with Gasteiger partial charge in [-0.3, -0.25) is 10.1 Å². The first-order valence-electron chi connectivity index (χ1n) is 6.60. The maximum absolute atomic E-state index is 5.37. The molecule has 1 saturated heterocycles. The summed E-state index contributed by atoms with van der Waals surface area (Å²) in [6.07, 6.45) is 1.78. The van der Waals surface area contributed by atoms with E-state index in [1.165, 1.54) is 0 Å². The van der Waals surface area contributed by atoms with Crippen molar-refractivity contribution < 1.29 is 4.74 Å². The summed E-state index contributed by atoms with van der Waals surface area (Å²) in [7, 11) is 0. The van der Waals surface area contributed by atoms with Gasteiger partial charge in [0.1, 0.15) is 0 Å². The number of hydrogen-bond acceptors (Lipinski definition) is 5. The first-order valence-corrected chi connectivity index (χ1v) is 6.60. The SMILES string of the molecule is c1ccc(-c2cc3nnc(N4CCOCC4)n3[nH]2)nc1.